The number of hydrogen-bond donors (Lipinski definition) is 1. The Hall–Kier alpha value is -2.86. The standard InChI is InChI=1S/C27H25Cl2N3O2/c1-31-7-2-8-32(10-9-31)27(34)18-4-3-17-11-22-21(20(17)12-18)13-19(14-23(22)26(30)33)16-5-6-24(28)25(29)15-16/h3-6,12-15H,2,7-11H2,1H3,(H2,30,33). The number of nitrogens with zero attached hydrogens (tertiary/aromatic N) is 2. The van der Waals surface area contributed by atoms with Gasteiger partial charge in [-0.15, -0.1) is 0 Å². The van der Waals surface area contributed by atoms with Gasteiger partial charge in [0.25, 0.3) is 5.91 Å². The van der Waals surface area contributed by atoms with Crippen molar-refractivity contribution in [2.24, 2.45) is 5.73 Å². The van der Waals surface area contributed by atoms with Crippen LogP contribution in [0, 0.1) is 0 Å². The van der Waals surface area contributed by atoms with Crippen LogP contribution in [0.3, 0.4) is 0 Å². The predicted octanol–water partition coefficient (Wildman–Crippen LogP) is 5.11. The van der Waals surface area contributed by atoms with Gasteiger partial charge in [-0.2, -0.15) is 0 Å². The zero-order valence-electron chi connectivity index (χ0n) is 18.9. The molecule has 174 valence electrons. The van der Waals surface area contributed by atoms with Gasteiger partial charge in [-0.05, 0) is 96.2 Å². The highest BCUT2D eigenvalue weighted by Gasteiger charge is 2.27. The van der Waals surface area contributed by atoms with Gasteiger partial charge in [-0.1, -0.05) is 35.3 Å². The first-order valence-corrected chi connectivity index (χ1v) is 12.1. The molecule has 2 N–H and O–H groups in total. The SMILES string of the molecule is CN1CCCN(C(=O)c2ccc3c(c2)-c2cc(-c4ccc(Cl)c(Cl)c4)cc(C(N)=O)c2C3)CC1. The molecule has 0 atom stereocenters. The molecule has 34 heavy (non-hydrogen) atoms. The second-order valence-electron chi connectivity index (χ2n) is 9.04. The number of halogens is 2. The third-order valence-corrected chi connectivity index (χ3v) is 7.53. The molecule has 1 fully saturated rings. The molecule has 5 nitrogen and oxygen atoms in total. The second-order valence-corrected chi connectivity index (χ2v) is 9.86. The van der Waals surface area contributed by atoms with Crippen molar-refractivity contribution in [1.82, 2.24) is 9.80 Å². The van der Waals surface area contributed by atoms with Crippen LogP contribution in [-0.4, -0.2) is 54.8 Å². The van der Waals surface area contributed by atoms with Crippen LogP contribution in [-0.2, 0) is 6.42 Å². The van der Waals surface area contributed by atoms with E-state index in [0.29, 0.717) is 27.6 Å². The van der Waals surface area contributed by atoms with E-state index in [1.807, 2.05) is 41.3 Å². The van der Waals surface area contributed by atoms with Gasteiger partial charge >= 0.3 is 0 Å². The maximum Gasteiger partial charge on any atom is 0.253 e. The molecule has 2 amide bonds. The van der Waals surface area contributed by atoms with E-state index in [9.17, 15) is 9.59 Å². The van der Waals surface area contributed by atoms with E-state index in [2.05, 4.69) is 11.9 Å². The third kappa shape index (κ3) is 4.20. The number of likely N-dealkylation sites (N-methyl/N-ethyl adjacent to an activating group) is 1. The van der Waals surface area contributed by atoms with Crippen LogP contribution in [0.5, 0.6) is 0 Å². The Morgan fingerprint density at radius 3 is 2.44 bits per heavy atom. The second kappa shape index (κ2) is 9.06. The van der Waals surface area contributed by atoms with Crippen molar-refractivity contribution in [3.8, 4) is 22.3 Å². The topological polar surface area (TPSA) is 66.6 Å². The Labute approximate surface area is 209 Å². The number of carbonyl (C=O) groups excluding carboxylic acids is 2. The first kappa shape index (κ1) is 22.9. The number of nitrogens with two attached hydrogens (primary N) is 1. The molecule has 1 saturated heterocycles. The molecular weight excluding hydrogens is 469 g/mol. The highest BCUT2D eigenvalue weighted by atomic mass is 35.5. The molecule has 0 bridgehead atoms. The molecule has 3 aromatic carbocycles. The first-order chi connectivity index (χ1) is 16.3. The summed E-state index contributed by atoms with van der Waals surface area (Å²) in [6.45, 7) is 3.34. The fourth-order valence-electron chi connectivity index (χ4n) is 4.90. The summed E-state index contributed by atoms with van der Waals surface area (Å²) in [5.74, 6) is -0.432. The van der Waals surface area contributed by atoms with E-state index < -0.39 is 5.91 Å². The third-order valence-electron chi connectivity index (χ3n) is 6.79. The summed E-state index contributed by atoms with van der Waals surface area (Å²) < 4.78 is 0. The number of rotatable bonds is 3. The predicted molar refractivity (Wildman–Crippen MR) is 137 cm³/mol. The van der Waals surface area contributed by atoms with Crippen LogP contribution in [0.1, 0.15) is 38.3 Å². The van der Waals surface area contributed by atoms with Gasteiger partial charge in [0.2, 0.25) is 5.91 Å². The van der Waals surface area contributed by atoms with E-state index in [0.717, 1.165) is 66.0 Å². The average molecular weight is 494 g/mol. The smallest absolute Gasteiger partial charge is 0.253 e. The van der Waals surface area contributed by atoms with Crippen molar-refractivity contribution < 1.29 is 9.59 Å². The lowest BCUT2D eigenvalue weighted by Crippen LogP contribution is -2.34. The summed E-state index contributed by atoms with van der Waals surface area (Å²) in [6.07, 6.45) is 1.57. The average Bonchev–Trinajstić information content (AvgIpc) is 3.05. The van der Waals surface area contributed by atoms with E-state index in [1.165, 1.54) is 0 Å². The largest absolute Gasteiger partial charge is 0.366 e. The lowest BCUT2D eigenvalue weighted by Gasteiger charge is -2.21. The molecule has 5 rings (SSSR count). The zero-order chi connectivity index (χ0) is 24.0. The van der Waals surface area contributed by atoms with Crippen molar-refractivity contribution in [1.29, 1.82) is 0 Å². The van der Waals surface area contributed by atoms with Crippen molar-refractivity contribution in [3.05, 3.63) is 80.8 Å². The molecule has 1 heterocycles. The van der Waals surface area contributed by atoms with E-state index in [4.69, 9.17) is 28.9 Å². The van der Waals surface area contributed by atoms with Crippen LogP contribution < -0.4 is 5.73 Å². The summed E-state index contributed by atoms with van der Waals surface area (Å²) in [5.41, 5.74) is 12.5. The maximum atomic E-state index is 13.3. The van der Waals surface area contributed by atoms with Gasteiger partial charge < -0.3 is 15.5 Å². The summed E-state index contributed by atoms with van der Waals surface area (Å²) in [4.78, 5) is 29.9. The fraction of sp³-hybridized carbons (Fsp3) is 0.259. The number of carbonyl (C=O) groups is 2. The molecule has 0 saturated carbocycles. The summed E-state index contributed by atoms with van der Waals surface area (Å²) in [7, 11) is 2.09. The summed E-state index contributed by atoms with van der Waals surface area (Å²) >= 11 is 12.3. The Morgan fingerprint density at radius 1 is 0.853 bits per heavy atom. The maximum absolute atomic E-state index is 13.3. The summed E-state index contributed by atoms with van der Waals surface area (Å²) in [6, 6.07) is 15.1. The number of benzene rings is 3. The lowest BCUT2D eigenvalue weighted by atomic mass is 9.93. The van der Waals surface area contributed by atoms with Crippen LogP contribution in [0.4, 0.5) is 0 Å². The minimum atomic E-state index is -0.476. The summed E-state index contributed by atoms with van der Waals surface area (Å²) in [5, 5.41) is 0.909. The Kier molecular flexibility index (Phi) is 6.11. The van der Waals surface area contributed by atoms with Crippen molar-refractivity contribution in [3.63, 3.8) is 0 Å². The van der Waals surface area contributed by atoms with Crippen LogP contribution >= 0.6 is 23.2 Å². The molecule has 7 heteroatoms. The molecule has 2 aliphatic rings. The van der Waals surface area contributed by atoms with Gasteiger partial charge in [-0.25, -0.2) is 0 Å². The minimum Gasteiger partial charge on any atom is -0.366 e. The van der Waals surface area contributed by atoms with Crippen molar-refractivity contribution in [2.45, 2.75) is 12.8 Å². The molecule has 1 aliphatic heterocycles. The zero-order valence-corrected chi connectivity index (χ0v) is 20.4. The molecule has 1 aliphatic carbocycles. The van der Waals surface area contributed by atoms with Crippen LogP contribution in [0.25, 0.3) is 22.3 Å². The lowest BCUT2D eigenvalue weighted by molar-refractivity contribution is 0.0762. The van der Waals surface area contributed by atoms with Gasteiger partial charge in [0.1, 0.15) is 0 Å². The van der Waals surface area contributed by atoms with Gasteiger partial charge in [0.05, 0.1) is 10.0 Å². The van der Waals surface area contributed by atoms with E-state index >= 15 is 0 Å². The molecule has 0 spiro atoms. The van der Waals surface area contributed by atoms with Crippen molar-refractivity contribution in [2.75, 3.05) is 33.2 Å². The molecular formula is C27H25Cl2N3O2. The highest BCUT2D eigenvalue weighted by Crippen LogP contribution is 2.42. The molecule has 3 aromatic rings. The Morgan fingerprint density at radius 2 is 1.68 bits per heavy atom. The minimum absolute atomic E-state index is 0.0438. The molecule has 0 aromatic heterocycles. The van der Waals surface area contributed by atoms with Gasteiger partial charge in [0.15, 0.2) is 0 Å². The van der Waals surface area contributed by atoms with Crippen LogP contribution in [0.2, 0.25) is 10.0 Å². The Balaban J connectivity index is 1.57. The first-order valence-electron chi connectivity index (χ1n) is 11.3. The quantitative estimate of drug-likeness (QED) is 0.431. The monoisotopic (exact) mass is 493 g/mol. The van der Waals surface area contributed by atoms with E-state index in [-0.39, 0.29) is 5.91 Å². The van der Waals surface area contributed by atoms with Crippen LogP contribution in [0.15, 0.2) is 48.5 Å². The number of amides is 2. The Bertz CT molecular complexity index is 1320. The van der Waals surface area contributed by atoms with E-state index in [1.54, 1.807) is 12.1 Å². The normalized spacial score (nSPS) is 15.6. The van der Waals surface area contributed by atoms with Gasteiger partial charge in [-0.3, -0.25) is 9.59 Å². The fourth-order valence-corrected chi connectivity index (χ4v) is 5.20. The number of primary amides is 1. The molecule has 0 radical (unpaired) electrons. The van der Waals surface area contributed by atoms with Gasteiger partial charge in [0, 0.05) is 30.8 Å². The highest BCUT2D eigenvalue weighted by molar-refractivity contribution is 6.42. The molecule has 0 unspecified atom stereocenters. The number of fused-ring (bicyclic) bond motifs is 3. The van der Waals surface area contributed by atoms with Crippen molar-refractivity contribution >= 4 is 35.0 Å². The number of hydrogen-bond acceptors (Lipinski definition) is 3.